The van der Waals surface area contributed by atoms with Gasteiger partial charge in [-0.15, -0.1) is 30.3 Å². The number of esters is 2. The van der Waals surface area contributed by atoms with Crippen molar-refractivity contribution in [2.75, 3.05) is 39.6 Å². The van der Waals surface area contributed by atoms with Crippen LogP contribution < -0.4 is 5.73 Å². The Balaban J connectivity index is 3.95. The standard InChI is InChI=1S/C13H22N4O14/c14-11(13(19)27-6-4-26-5-7-29-15(20)21)9-28-12(18)3-1-2-10(31-17(24)25)8-30-16(22)23/h10-11H,1-9,14H2. The number of hydrogen-bond donors (Lipinski definition) is 1. The molecule has 31 heavy (non-hydrogen) atoms. The van der Waals surface area contributed by atoms with Gasteiger partial charge in [0, 0.05) is 6.42 Å². The van der Waals surface area contributed by atoms with Gasteiger partial charge in [-0.3, -0.25) is 9.59 Å². The van der Waals surface area contributed by atoms with Gasteiger partial charge in [-0.05, 0) is 12.8 Å². The first kappa shape index (κ1) is 27.5. The maximum Gasteiger partial charge on any atom is 0.326 e. The lowest BCUT2D eigenvalue weighted by atomic mass is 10.1. The number of nitrogens with zero attached hydrogens (tertiary/aromatic N) is 3. The van der Waals surface area contributed by atoms with Gasteiger partial charge in [0.15, 0.2) is 0 Å². The highest BCUT2D eigenvalue weighted by Crippen LogP contribution is 2.07. The molecule has 0 aromatic carbocycles. The molecule has 0 aromatic rings. The van der Waals surface area contributed by atoms with Gasteiger partial charge in [0.25, 0.3) is 15.3 Å². The van der Waals surface area contributed by atoms with Crippen molar-refractivity contribution in [3.63, 3.8) is 0 Å². The number of hydrogen-bond acceptors (Lipinski definition) is 15. The van der Waals surface area contributed by atoms with Gasteiger partial charge in [-0.1, -0.05) is 0 Å². The van der Waals surface area contributed by atoms with Crippen LogP contribution in [0.1, 0.15) is 19.3 Å². The van der Waals surface area contributed by atoms with Crippen LogP contribution in [-0.4, -0.2) is 79.0 Å². The maximum absolute atomic E-state index is 11.6. The van der Waals surface area contributed by atoms with Crippen LogP contribution in [0.4, 0.5) is 0 Å². The van der Waals surface area contributed by atoms with Crippen LogP contribution in [0.2, 0.25) is 0 Å². The number of ether oxygens (including phenoxy) is 3. The van der Waals surface area contributed by atoms with Crippen molar-refractivity contribution in [2.45, 2.75) is 31.4 Å². The second kappa shape index (κ2) is 16.3. The Hall–Kier alpha value is -3.54. The van der Waals surface area contributed by atoms with E-state index in [1.165, 1.54) is 0 Å². The van der Waals surface area contributed by atoms with Crippen LogP contribution in [0.15, 0.2) is 0 Å². The molecule has 0 aliphatic carbocycles. The Morgan fingerprint density at radius 2 is 1.48 bits per heavy atom. The smallest absolute Gasteiger partial charge is 0.326 e. The van der Waals surface area contributed by atoms with Gasteiger partial charge in [-0.25, -0.2) is 0 Å². The fraction of sp³-hybridized carbons (Fsp3) is 0.846. The normalized spacial score (nSPS) is 12.2. The van der Waals surface area contributed by atoms with Crippen LogP contribution in [0.5, 0.6) is 0 Å². The number of carbonyl (C=O) groups is 2. The molecule has 0 saturated heterocycles. The van der Waals surface area contributed by atoms with E-state index in [1.54, 1.807) is 0 Å². The quantitative estimate of drug-likeness (QED) is 0.101. The molecule has 0 amide bonds. The first-order valence-corrected chi connectivity index (χ1v) is 8.63. The van der Waals surface area contributed by atoms with Crippen molar-refractivity contribution in [3.8, 4) is 0 Å². The predicted octanol–water partition coefficient (Wildman–Crippen LogP) is -1.42. The van der Waals surface area contributed by atoms with E-state index in [1.807, 2.05) is 0 Å². The van der Waals surface area contributed by atoms with Crippen molar-refractivity contribution in [1.82, 2.24) is 0 Å². The van der Waals surface area contributed by atoms with Gasteiger partial charge >= 0.3 is 11.9 Å². The topological polar surface area (TPSA) is 245 Å². The molecule has 2 atom stereocenters. The summed E-state index contributed by atoms with van der Waals surface area (Å²) in [5.41, 5.74) is 5.50. The summed E-state index contributed by atoms with van der Waals surface area (Å²) in [5.74, 6) is -1.65. The van der Waals surface area contributed by atoms with E-state index in [-0.39, 0.29) is 45.7 Å². The number of carbonyl (C=O) groups excluding carboxylic acids is 2. The molecule has 0 saturated carbocycles. The fourth-order valence-electron chi connectivity index (χ4n) is 1.81. The molecule has 0 aliphatic rings. The number of rotatable bonds is 19. The zero-order valence-corrected chi connectivity index (χ0v) is 16.2. The third kappa shape index (κ3) is 17.1. The average Bonchev–Trinajstić information content (AvgIpc) is 2.68. The van der Waals surface area contributed by atoms with Crippen molar-refractivity contribution < 1.29 is 53.6 Å². The van der Waals surface area contributed by atoms with Crippen molar-refractivity contribution in [2.24, 2.45) is 5.73 Å². The Kier molecular flexibility index (Phi) is 14.4. The van der Waals surface area contributed by atoms with Crippen LogP contribution in [0.3, 0.4) is 0 Å². The lowest BCUT2D eigenvalue weighted by molar-refractivity contribution is -0.790. The minimum atomic E-state index is -1.28. The third-order valence-electron chi connectivity index (χ3n) is 3.13. The van der Waals surface area contributed by atoms with Crippen LogP contribution in [0.25, 0.3) is 0 Å². The molecule has 2 unspecified atom stereocenters. The monoisotopic (exact) mass is 458 g/mol. The predicted molar refractivity (Wildman–Crippen MR) is 92.3 cm³/mol. The molecule has 18 nitrogen and oxygen atoms in total. The summed E-state index contributed by atoms with van der Waals surface area (Å²) in [4.78, 5) is 65.8. The second-order valence-corrected chi connectivity index (χ2v) is 5.49. The molecule has 0 fully saturated rings. The second-order valence-electron chi connectivity index (χ2n) is 5.49. The van der Waals surface area contributed by atoms with E-state index in [0.717, 1.165) is 0 Å². The van der Waals surface area contributed by atoms with E-state index in [4.69, 9.17) is 19.9 Å². The summed E-state index contributed by atoms with van der Waals surface area (Å²) in [6.07, 6.45) is -1.56. The third-order valence-corrected chi connectivity index (χ3v) is 3.13. The Morgan fingerprint density at radius 1 is 0.839 bits per heavy atom. The molecular weight excluding hydrogens is 436 g/mol. The lowest BCUT2D eigenvalue weighted by Crippen LogP contribution is -2.38. The molecule has 0 aliphatic heterocycles. The van der Waals surface area contributed by atoms with E-state index in [9.17, 15) is 39.9 Å². The van der Waals surface area contributed by atoms with Gasteiger partial charge < -0.3 is 34.5 Å². The maximum atomic E-state index is 11.6. The summed E-state index contributed by atoms with van der Waals surface area (Å²) in [5, 5.41) is 27.1. The molecule has 0 heterocycles. The zero-order chi connectivity index (χ0) is 23.6. The molecule has 0 aromatic heterocycles. The Morgan fingerprint density at radius 3 is 2.10 bits per heavy atom. The van der Waals surface area contributed by atoms with E-state index >= 15 is 0 Å². The lowest BCUT2D eigenvalue weighted by Gasteiger charge is -2.14. The zero-order valence-electron chi connectivity index (χ0n) is 16.2. The minimum Gasteiger partial charge on any atom is -0.463 e. The first-order chi connectivity index (χ1) is 14.6. The molecular formula is C13H22N4O14. The highest BCUT2D eigenvalue weighted by atomic mass is 17.0. The SMILES string of the molecule is NC(COC(=O)CCCC(CO[N+](=O)[O-])O[N+](=O)[O-])C(=O)OCCOCCO[N+](=O)[O-]. The van der Waals surface area contributed by atoms with Gasteiger partial charge in [0.2, 0.25) is 0 Å². The highest BCUT2D eigenvalue weighted by Gasteiger charge is 2.19. The minimum absolute atomic E-state index is 0.0234. The largest absolute Gasteiger partial charge is 0.463 e. The van der Waals surface area contributed by atoms with E-state index in [0.29, 0.717) is 0 Å². The van der Waals surface area contributed by atoms with Crippen molar-refractivity contribution in [3.05, 3.63) is 30.3 Å². The first-order valence-electron chi connectivity index (χ1n) is 8.63. The molecule has 0 radical (unpaired) electrons. The summed E-state index contributed by atoms with van der Waals surface area (Å²) in [6.45, 7) is -1.80. The fourth-order valence-corrected chi connectivity index (χ4v) is 1.81. The van der Waals surface area contributed by atoms with Crippen molar-refractivity contribution in [1.29, 1.82) is 0 Å². The molecule has 0 spiro atoms. The summed E-state index contributed by atoms with van der Waals surface area (Å²) in [6, 6.07) is -1.28. The van der Waals surface area contributed by atoms with Crippen LogP contribution in [0, 0.1) is 30.3 Å². The summed E-state index contributed by atoms with van der Waals surface area (Å²) in [7, 11) is 0. The summed E-state index contributed by atoms with van der Waals surface area (Å²) < 4.78 is 14.4. The van der Waals surface area contributed by atoms with E-state index in [2.05, 4.69) is 14.5 Å². The summed E-state index contributed by atoms with van der Waals surface area (Å²) >= 11 is 0. The molecule has 0 rings (SSSR count). The molecule has 0 bridgehead atoms. The molecule has 18 heteroatoms. The van der Waals surface area contributed by atoms with Crippen molar-refractivity contribution >= 4 is 11.9 Å². The molecule has 178 valence electrons. The van der Waals surface area contributed by atoms with Crippen LogP contribution >= 0.6 is 0 Å². The van der Waals surface area contributed by atoms with Gasteiger partial charge in [-0.2, -0.15) is 0 Å². The van der Waals surface area contributed by atoms with Gasteiger partial charge in [0.05, 0.1) is 13.2 Å². The highest BCUT2D eigenvalue weighted by molar-refractivity contribution is 5.76. The average molecular weight is 458 g/mol. The van der Waals surface area contributed by atoms with E-state index < -0.39 is 52.6 Å². The van der Waals surface area contributed by atoms with Gasteiger partial charge in [0.1, 0.15) is 38.6 Å². The molecule has 2 N–H and O–H groups in total. The Bertz CT molecular complexity index is 603. The Labute approximate surface area is 173 Å². The van der Waals surface area contributed by atoms with Crippen LogP contribution in [-0.2, 0) is 38.3 Å². The number of nitrogens with two attached hydrogens (primary N) is 1.